The highest BCUT2D eigenvalue weighted by Gasteiger charge is 2.40. The smallest absolute Gasteiger partial charge is 0.312 e. The lowest BCUT2D eigenvalue weighted by atomic mass is 9.70. The van der Waals surface area contributed by atoms with Gasteiger partial charge in [0.2, 0.25) is 0 Å². The van der Waals surface area contributed by atoms with E-state index in [0.29, 0.717) is 43.5 Å². The number of anilines is 1. The fourth-order valence-corrected chi connectivity index (χ4v) is 6.93. The summed E-state index contributed by atoms with van der Waals surface area (Å²) in [6.45, 7) is 6.69. The van der Waals surface area contributed by atoms with E-state index in [-0.39, 0.29) is 47.1 Å². The lowest BCUT2D eigenvalue weighted by Crippen LogP contribution is -2.40. The third kappa shape index (κ3) is 7.62. The van der Waals surface area contributed by atoms with E-state index in [1.165, 1.54) is 13.2 Å². The second kappa shape index (κ2) is 14.5. The van der Waals surface area contributed by atoms with Gasteiger partial charge in [0.05, 0.1) is 35.4 Å². The number of carbonyl (C=O) groups is 3. The molecule has 0 aromatic heterocycles. The molecule has 6 rings (SSSR count). The van der Waals surface area contributed by atoms with Crippen LogP contribution in [-0.2, 0) is 16.1 Å². The number of carbonyl (C=O) groups excluding carboxylic acids is 3. The van der Waals surface area contributed by atoms with Crippen LogP contribution in [0.4, 0.5) is 10.1 Å². The van der Waals surface area contributed by atoms with Crippen LogP contribution in [-0.4, -0.2) is 37.5 Å². The standard InChI is InChI=1S/C41H45FN2O6/c1-26-13-14-34(31(21-26)37(45)43-25-40(2)17-8-18-40)44-38(46)32-22-36(33(42)23-35(32)48-4)50-29-15-19-41(3,20-16-29)39(47)49-24-28-11-7-10-27-9-5-6-12-30(27)28/h5-7,9-14,21-23,29H,8,15-20,24-25H2,1-4H3,(H,43,45)(H,44,46). The van der Waals surface area contributed by atoms with Gasteiger partial charge >= 0.3 is 5.97 Å². The highest BCUT2D eigenvalue weighted by molar-refractivity contribution is 6.10. The van der Waals surface area contributed by atoms with Crippen molar-refractivity contribution in [2.24, 2.45) is 10.8 Å². The van der Waals surface area contributed by atoms with Crippen molar-refractivity contribution in [3.63, 3.8) is 0 Å². The topological polar surface area (TPSA) is 103 Å². The van der Waals surface area contributed by atoms with Gasteiger partial charge in [-0.3, -0.25) is 14.4 Å². The number of hydrogen-bond donors (Lipinski definition) is 2. The summed E-state index contributed by atoms with van der Waals surface area (Å²) in [5, 5.41) is 8.00. The SMILES string of the molecule is COc1cc(F)c(OC2CCC(C)(C(=O)OCc3cccc4ccccc34)CC2)cc1C(=O)Nc1ccc(C)cc1C(=O)NCC1(C)CCC1. The van der Waals surface area contributed by atoms with Gasteiger partial charge in [0, 0.05) is 12.6 Å². The molecule has 0 spiro atoms. The summed E-state index contributed by atoms with van der Waals surface area (Å²) in [6, 6.07) is 21.7. The first kappa shape index (κ1) is 34.9. The van der Waals surface area contributed by atoms with E-state index in [4.69, 9.17) is 14.2 Å². The molecule has 0 unspecified atom stereocenters. The molecule has 4 aromatic carbocycles. The van der Waals surface area contributed by atoms with Crippen molar-refractivity contribution in [1.29, 1.82) is 0 Å². The van der Waals surface area contributed by atoms with Crippen molar-refractivity contribution < 1.29 is 33.0 Å². The molecular weight excluding hydrogens is 635 g/mol. The van der Waals surface area contributed by atoms with Crippen LogP contribution in [0.15, 0.2) is 72.8 Å². The Morgan fingerprint density at radius 2 is 1.60 bits per heavy atom. The molecule has 2 amide bonds. The third-order valence-electron chi connectivity index (χ3n) is 10.5. The molecule has 50 heavy (non-hydrogen) atoms. The Morgan fingerprint density at radius 1 is 0.860 bits per heavy atom. The number of halogens is 1. The molecule has 0 aliphatic heterocycles. The maximum atomic E-state index is 15.3. The van der Waals surface area contributed by atoms with Gasteiger partial charge in [0.25, 0.3) is 11.8 Å². The third-order valence-corrected chi connectivity index (χ3v) is 10.5. The second-order valence-corrected chi connectivity index (χ2v) is 14.4. The number of hydrogen-bond acceptors (Lipinski definition) is 6. The minimum atomic E-state index is -0.693. The number of benzene rings is 4. The Kier molecular flexibility index (Phi) is 10.1. The predicted molar refractivity (Wildman–Crippen MR) is 191 cm³/mol. The summed E-state index contributed by atoms with van der Waals surface area (Å²) in [4.78, 5) is 40.1. The summed E-state index contributed by atoms with van der Waals surface area (Å²) >= 11 is 0. The first-order valence-corrected chi connectivity index (χ1v) is 17.4. The highest BCUT2D eigenvalue weighted by atomic mass is 19.1. The molecule has 2 saturated carbocycles. The molecular formula is C41H45FN2O6. The maximum Gasteiger partial charge on any atom is 0.312 e. The predicted octanol–water partition coefficient (Wildman–Crippen LogP) is 8.54. The Labute approximate surface area is 292 Å². The number of aryl methyl sites for hydroxylation is 1. The second-order valence-electron chi connectivity index (χ2n) is 14.4. The molecule has 2 fully saturated rings. The summed E-state index contributed by atoms with van der Waals surface area (Å²) in [5.74, 6) is -1.82. The number of fused-ring (bicyclic) bond motifs is 1. The van der Waals surface area contributed by atoms with Gasteiger partial charge < -0.3 is 24.8 Å². The van der Waals surface area contributed by atoms with Gasteiger partial charge in [-0.15, -0.1) is 0 Å². The van der Waals surface area contributed by atoms with Crippen molar-refractivity contribution in [2.75, 3.05) is 19.0 Å². The fraction of sp³-hybridized carbons (Fsp3) is 0.390. The van der Waals surface area contributed by atoms with E-state index < -0.39 is 17.1 Å². The van der Waals surface area contributed by atoms with E-state index in [2.05, 4.69) is 17.6 Å². The van der Waals surface area contributed by atoms with Gasteiger partial charge in [0.15, 0.2) is 11.6 Å². The minimum Gasteiger partial charge on any atom is -0.496 e. The zero-order valence-corrected chi connectivity index (χ0v) is 29.2. The first-order chi connectivity index (χ1) is 24.0. The van der Waals surface area contributed by atoms with Crippen LogP contribution in [0.2, 0.25) is 0 Å². The Hall–Kier alpha value is -4.92. The molecule has 0 heterocycles. The lowest BCUT2D eigenvalue weighted by molar-refractivity contribution is -0.159. The van der Waals surface area contributed by atoms with Crippen LogP contribution in [0.3, 0.4) is 0 Å². The van der Waals surface area contributed by atoms with Gasteiger partial charge in [-0.1, -0.05) is 67.4 Å². The highest BCUT2D eigenvalue weighted by Crippen LogP contribution is 2.41. The molecule has 8 nitrogen and oxygen atoms in total. The molecule has 0 saturated heterocycles. The summed E-state index contributed by atoms with van der Waals surface area (Å²) in [6.07, 6.45) is 4.96. The molecule has 2 aliphatic rings. The van der Waals surface area contributed by atoms with Crippen LogP contribution >= 0.6 is 0 Å². The van der Waals surface area contributed by atoms with Crippen molar-refractivity contribution in [2.45, 2.75) is 78.4 Å². The molecule has 2 aliphatic carbocycles. The number of nitrogens with one attached hydrogen (secondary N) is 2. The number of rotatable bonds is 11. The van der Waals surface area contributed by atoms with E-state index in [0.717, 1.165) is 47.2 Å². The van der Waals surface area contributed by atoms with Crippen LogP contribution < -0.4 is 20.1 Å². The van der Waals surface area contributed by atoms with E-state index in [1.54, 1.807) is 12.1 Å². The lowest BCUT2D eigenvalue weighted by Gasteiger charge is -2.38. The number of amides is 2. The van der Waals surface area contributed by atoms with Crippen LogP contribution in [0, 0.1) is 23.6 Å². The zero-order valence-electron chi connectivity index (χ0n) is 29.2. The Balaban J connectivity index is 1.10. The van der Waals surface area contributed by atoms with Crippen molar-refractivity contribution >= 4 is 34.2 Å². The monoisotopic (exact) mass is 680 g/mol. The van der Waals surface area contributed by atoms with Gasteiger partial charge in [-0.25, -0.2) is 4.39 Å². The molecule has 0 atom stereocenters. The van der Waals surface area contributed by atoms with Gasteiger partial charge in [-0.2, -0.15) is 0 Å². The normalized spacial score (nSPS) is 19.6. The van der Waals surface area contributed by atoms with Gasteiger partial charge in [-0.05, 0) is 92.3 Å². The van der Waals surface area contributed by atoms with Crippen molar-refractivity contribution in [3.05, 3.63) is 101 Å². The van der Waals surface area contributed by atoms with Crippen molar-refractivity contribution in [3.8, 4) is 11.5 Å². The average molecular weight is 681 g/mol. The van der Waals surface area contributed by atoms with Crippen LogP contribution in [0.5, 0.6) is 11.5 Å². The maximum absolute atomic E-state index is 15.3. The summed E-state index contributed by atoms with van der Waals surface area (Å²) in [7, 11) is 1.36. The Bertz CT molecular complexity index is 1910. The van der Waals surface area contributed by atoms with E-state index >= 15 is 4.39 Å². The first-order valence-electron chi connectivity index (χ1n) is 17.4. The molecule has 0 radical (unpaired) electrons. The zero-order chi connectivity index (χ0) is 35.5. The number of methoxy groups -OCH3 is 1. The van der Waals surface area contributed by atoms with E-state index in [1.807, 2.05) is 62.4 Å². The largest absolute Gasteiger partial charge is 0.496 e. The van der Waals surface area contributed by atoms with Crippen molar-refractivity contribution in [1.82, 2.24) is 5.32 Å². The quantitative estimate of drug-likeness (QED) is 0.154. The summed E-state index contributed by atoms with van der Waals surface area (Å²) in [5.41, 5.74) is 1.98. The number of esters is 1. The van der Waals surface area contributed by atoms with E-state index in [9.17, 15) is 14.4 Å². The van der Waals surface area contributed by atoms with Crippen LogP contribution in [0.25, 0.3) is 10.8 Å². The average Bonchev–Trinajstić information content (AvgIpc) is 3.10. The molecule has 0 bridgehead atoms. The fourth-order valence-electron chi connectivity index (χ4n) is 6.93. The van der Waals surface area contributed by atoms with Crippen LogP contribution in [0.1, 0.15) is 90.6 Å². The molecule has 2 N–H and O–H groups in total. The summed E-state index contributed by atoms with van der Waals surface area (Å²) < 4.78 is 32.6. The van der Waals surface area contributed by atoms with Gasteiger partial charge in [0.1, 0.15) is 12.4 Å². The molecule has 9 heteroatoms. The number of ether oxygens (including phenoxy) is 3. The molecule has 262 valence electrons. The Morgan fingerprint density at radius 3 is 2.32 bits per heavy atom. The minimum absolute atomic E-state index is 0.0357. The molecule has 4 aromatic rings.